The molecular weight excluding hydrogens is 348 g/mol. The molecule has 0 aromatic heterocycles. The van der Waals surface area contributed by atoms with Crippen molar-refractivity contribution in [1.29, 1.82) is 0 Å². The largest absolute Gasteiger partial charge is 0.339 e. The van der Waals surface area contributed by atoms with Gasteiger partial charge in [-0.3, -0.25) is 9.59 Å². The number of rotatable bonds is 5. The van der Waals surface area contributed by atoms with Gasteiger partial charge in [0.25, 0.3) is 5.91 Å². The zero-order valence-electron chi connectivity index (χ0n) is 14.7. The van der Waals surface area contributed by atoms with Gasteiger partial charge in [0.2, 0.25) is 5.91 Å². The molecule has 1 aliphatic rings. The molecule has 0 unspecified atom stereocenters. The second kappa shape index (κ2) is 8.86. The van der Waals surface area contributed by atoms with Gasteiger partial charge in [-0.25, -0.2) is 0 Å². The summed E-state index contributed by atoms with van der Waals surface area (Å²) >= 11 is 6.12. The number of amides is 2. The van der Waals surface area contributed by atoms with E-state index in [1.165, 1.54) is 6.42 Å². The van der Waals surface area contributed by atoms with Gasteiger partial charge in [0.1, 0.15) is 0 Å². The van der Waals surface area contributed by atoms with Crippen LogP contribution < -0.4 is 5.32 Å². The maximum Gasteiger partial charge on any atom is 0.253 e. The Bertz CT molecular complexity index is 785. The van der Waals surface area contributed by atoms with Crippen molar-refractivity contribution in [3.63, 3.8) is 0 Å². The molecule has 1 aliphatic heterocycles. The summed E-state index contributed by atoms with van der Waals surface area (Å²) in [5.74, 6) is -0.0515. The summed E-state index contributed by atoms with van der Waals surface area (Å²) < 4.78 is 0. The fourth-order valence-electron chi connectivity index (χ4n) is 3.18. The van der Waals surface area contributed by atoms with Gasteiger partial charge in [0.05, 0.1) is 0 Å². The minimum atomic E-state index is -0.0903. The molecule has 0 radical (unpaired) electrons. The van der Waals surface area contributed by atoms with Crippen LogP contribution in [0.15, 0.2) is 48.5 Å². The van der Waals surface area contributed by atoms with Crippen LogP contribution in [-0.2, 0) is 11.2 Å². The number of nitrogens with one attached hydrogen (secondary N) is 1. The summed E-state index contributed by atoms with van der Waals surface area (Å²) in [6.45, 7) is 1.63. The van der Waals surface area contributed by atoms with Gasteiger partial charge in [0, 0.05) is 35.8 Å². The molecular formula is C21H23ClN2O2. The van der Waals surface area contributed by atoms with Crippen LogP contribution in [0.4, 0.5) is 5.69 Å². The number of carbonyl (C=O) groups is 2. The molecule has 3 rings (SSSR count). The maximum atomic E-state index is 12.6. The highest BCUT2D eigenvalue weighted by atomic mass is 35.5. The Hall–Kier alpha value is -2.33. The van der Waals surface area contributed by atoms with E-state index in [1.54, 1.807) is 24.3 Å². The number of benzene rings is 2. The Morgan fingerprint density at radius 2 is 1.77 bits per heavy atom. The van der Waals surface area contributed by atoms with Crippen molar-refractivity contribution in [3.05, 3.63) is 64.7 Å². The van der Waals surface area contributed by atoms with Crippen LogP contribution in [0.3, 0.4) is 0 Å². The smallest absolute Gasteiger partial charge is 0.253 e. The molecule has 2 aromatic carbocycles. The molecule has 0 saturated carbocycles. The fraction of sp³-hybridized carbons (Fsp3) is 0.333. The molecule has 0 spiro atoms. The minimum absolute atomic E-state index is 0.0388. The summed E-state index contributed by atoms with van der Waals surface area (Å²) in [6, 6.07) is 14.7. The molecule has 26 heavy (non-hydrogen) atoms. The second-order valence-corrected chi connectivity index (χ2v) is 6.98. The quantitative estimate of drug-likeness (QED) is 0.840. The van der Waals surface area contributed by atoms with Crippen molar-refractivity contribution in [2.45, 2.75) is 32.1 Å². The van der Waals surface area contributed by atoms with Crippen molar-refractivity contribution < 1.29 is 9.59 Å². The number of piperidine rings is 1. The molecule has 1 fully saturated rings. The molecule has 1 heterocycles. The molecule has 136 valence electrons. The molecule has 1 N–H and O–H groups in total. The van der Waals surface area contributed by atoms with Crippen LogP contribution in [-0.4, -0.2) is 29.8 Å². The van der Waals surface area contributed by atoms with E-state index in [-0.39, 0.29) is 11.8 Å². The van der Waals surface area contributed by atoms with Gasteiger partial charge >= 0.3 is 0 Å². The average Bonchev–Trinajstić information content (AvgIpc) is 2.68. The third-order valence-electron chi connectivity index (χ3n) is 4.62. The summed E-state index contributed by atoms with van der Waals surface area (Å²) in [6.07, 6.45) is 4.23. The molecule has 0 bridgehead atoms. The standard InChI is InChI=1S/C21H23ClN2O2/c22-19-10-3-2-7-16(19)11-12-20(25)23-18-9-6-8-17(15-18)21(26)24-13-4-1-5-14-24/h2-3,6-10,15H,1,4-5,11-14H2,(H,23,25). The highest BCUT2D eigenvalue weighted by molar-refractivity contribution is 6.31. The Kier molecular flexibility index (Phi) is 6.29. The lowest BCUT2D eigenvalue weighted by atomic mass is 10.1. The van der Waals surface area contributed by atoms with E-state index in [1.807, 2.05) is 29.2 Å². The normalized spacial score (nSPS) is 14.1. The fourth-order valence-corrected chi connectivity index (χ4v) is 3.41. The van der Waals surface area contributed by atoms with E-state index in [9.17, 15) is 9.59 Å². The van der Waals surface area contributed by atoms with Crippen LogP contribution >= 0.6 is 11.6 Å². The van der Waals surface area contributed by atoms with Gasteiger partial charge in [-0.1, -0.05) is 35.9 Å². The number of halogens is 1. The minimum Gasteiger partial charge on any atom is -0.339 e. The Morgan fingerprint density at radius 3 is 2.54 bits per heavy atom. The van der Waals surface area contributed by atoms with Gasteiger partial charge < -0.3 is 10.2 Å². The van der Waals surface area contributed by atoms with Crippen molar-refractivity contribution in [1.82, 2.24) is 4.90 Å². The lowest BCUT2D eigenvalue weighted by Gasteiger charge is -2.26. The molecule has 2 amide bonds. The van der Waals surface area contributed by atoms with E-state index in [0.717, 1.165) is 31.5 Å². The third kappa shape index (κ3) is 4.85. The van der Waals surface area contributed by atoms with E-state index in [0.29, 0.717) is 29.1 Å². The van der Waals surface area contributed by atoms with E-state index >= 15 is 0 Å². The predicted octanol–water partition coefficient (Wildman–Crippen LogP) is 4.54. The third-order valence-corrected chi connectivity index (χ3v) is 4.98. The number of carbonyl (C=O) groups excluding carboxylic acids is 2. The number of anilines is 1. The topological polar surface area (TPSA) is 49.4 Å². The maximum absolute atomic E-state index is 12.6. The van der Waals surface area contributed by atoms with Crippen molar-refractivity contribution >= 4 is 29.1 Å². The molecule has 0 atom stereocenters. The predicted molar refractivity (Wildman–Crippen MR) is 105 cm³/mol. The first kappa shape index (κ1) is 18.5. The first-order valence-corrected chi connectivity index (χ1v) is 9.44. The zero-order chi connectivity index (χ0) is 18.4. The lowest BCUT2D eigenvalue weighted by molar-refractivity contribution is -0.116. The van der Waals surface area contributed by atoms with E-state index < -0.39 is 0 Å². The molecule has 4 nitrogen and oxygen atoms in total. The van der Waals surface area contributed by atoms with E-state index in [2.05, 4.69) is 5.32 Å². The number of nitrogens with zero attached hydrogens (tertiary/aromatic N) is 1. The zero-order valence-corrected chi connectivity index (χ0v) is 15.5. The number of hydrogen-bond donors (Lipinski definition) is 1. The highest BCUT2D eigenvalue weighted by Gasteiger charge is 2.18. The van der Waals surface area contributed by atoms with Gasteiger partial charge in [-0.15, -0.1) is 0 Å². The second-order valence-electron chi connectivity index (χ2n) is 6.57. The van der Waals surface area contributed by atoms with Crippen molar-refractivity contribution in [2.24, 2.45) is 0 Å². The van der Waals surface area contributed by atoms with Crippen LogP contribution in [0.5, 0.6) is 0 Å². The first-order chi connectivity index (χ1) is 12.6. The molecule has 1 saturated heterocycles. The highest BCUT2D eigenvalue weighted by Crippen LogP contribution is 2.18. The molecule has 5 heteroatoms. The number of aryl methyl sites for hydroxylation is 1. The van der Waals surface area contributed by atoms with Crippen LogP contribution in [0, 0.1) is 0 Å². The molecule has 2 aromatic rings. The van der Waals surface area contributed by atoms with Crippen LogP contribution in [0.2, 0.25) is 5.02 Å². The van der Waals surface area contributed by atoms with Crippen molar-refractivity contribution in [3.8, 4) is 0 Å². The van der Waals surface area contributed by atoms with Gasteiger partial charge in [-0.05, 0) is 55.5 Å². The monoisotopic (exact) mass is 370 g/mol. The number of likely N-dealkylation sites (tertiary alicyclic amines) is 1. The summed E-state index contributed by atoms with van der Waals surface area (Å²) in [5, 5.41) is 3.55. The Morgan fingerprint density at radius 1 is 1.00 bits per heavy atom. The summed E-state index contributed by atoms with van der Waals surface area (Å²) in [4.78, 5) is 26.7. The van der Waals surface area contributed by atoms with Gasteiger partial charge in [0.15, 0.2) is 0 Å². The number of hydrogen-bond acceptors (Lipinski definition) is 2. The van der Waals surface area contributed by atoms with Crippen LogP contribution in [0.1, 0.15) is 41.6 Å². The summed E-state index contributed by atoms with van der Waals surface area (Å²) in [7, 11) is 0. The molecule has 0 aliphatic carbocycles. The lowest BCUT2D eigenvalue weighted by Crippen LogP contribution is -2.35. The SMILES string of the molecule is O=C(CCc1ccccc1Cl)Nc1cccc(C(=O)N2CCCCC2)c1. The average molecular weight is 371 g/mol. The first-order valence-electron chi connectivity index (χ1n) is 9.06. The van der Waals surface area contributed by atoms with E-state index in [4.69, 9.17) is 11.6 Å². The summed E-state index contributed by atoms with van der Waals surface area (Å²) in [5.41, 5.74) is 2.23. The van der Waals surface area contributed by atoms with Crippen molar-refractivity contribution in [2.75, 3.05) is 18.4 Å². The van der Waals surface area contributed by atoms with Crippen LogP contribution in [0.25, 0.3) is 0 Å². The Labute approximate surface area is 159 Å². The van der Waals surface area contributed by atoms with Gasteiger partial charge in [-0.2, -0.15) is 0 Å². The Balaban J connectivity index is 1.58.